The van der Waals surface area contributed by atoms with Crippen molar-refractivity contribution in [2.45, 2.75) is 6.54 Å². The van der Waals surface area contributed by atoms with Gasteiger partial charge in [-0.25, -0.2) is 9.78 Å². The summed E-state index contributed by atoms with van der Waals surface area (Å²) in [7, 11) is 0. The Morgan fingerprint density at radius 2 is 2.28 bits per heavy atom. The van der Waals surface area contributed by atoms with Crippen molar-refractivity contribution >= 4 is 11.9 Å². The van der Waals surface area contributed by atoms with Gasteiger partial charge in [-0.05, 0) is 0 Å². The highest BCUT2D eigenvalue weighted by molar-refractivity contribution is 5.91. The molecule has 0 saturated carbocycles. The van der Waals surface area contributed by atoms with Crippen molar-refractivity contribution in [3.05, 3.63) is 36.2 Å². The molecule has 1 amide bonds. The van der Waals surface area contributed by atoms with Crippen molar-refractivity contribution < 1.29 is 19.2 Å². The van der Waals surface area contributed by atoms with E-state index in [1.54, 1.807) is 4.57 Å². The minimum absolute atomic E-state index is 0.0298. The molecule has 0 fully saturated rings. The lowest BCUT2D eigenvalue weighted by Crippen LogP contribution is -2.27. The zero-order valence-corrected chi connectivity index (χ0v) is 9.24. The predicted molar refractivity (Wildman–Crippen MR) is 58.0 cm³/mol. The molecule has 0 atom stereocenters. The summed E-state index contributed by atoms with van der Waals surface area (Å²) in [6, 6.07) is 1.45. The zero-order valence-electron chi connectivity index (χ0n) is 9.24. The number of aromatic nitrogens is 3. The lowest BCUT2D eigenvalue weighted by molar-refractivity contribution is 0.0690. The Balaban J connectivity index is 1.81. The van der Waals surface area contributed by atoms with Crippen LogP contribution >= 0.6 is 0 Å². The molecule has 0 spiro atoms. The molecule has 0 aliphatic rings. The number of rotatable bonds is 5. The number of imidazole rings is 1. The lowest BCUT2D eigenvalue weighted by Gasteiger charge is -2.03. The van der Waals surface area contributed by atoms with E-state index in [1.165, 1.54) is 24.9 Å². The van der Waals surface area contributed by atoms with E-state index < -0.39 is 5.97 Å². The first kappa shape index (κ1) is 11.8. The smallest absolute Gasteiger partial charge is 0.356 e. The van der Waals surface area contributed by atoms with Gasteiger partial charge in [0.2, 0.25) is 0 Å². The normalized spacial score (nSPS) is 10.2. The summed E-state index contributed by atoms with van der Waals surface area (Å²) in [5.41, 5.74) is 0.171. The van der Waals surface area contributed by atoms with Crippen LogP contribution in [0.4, 0.5) is 0 Å². The number of carbonyl (C=O) groups is 2. The molecular weight excluding hydrogens is 240 g/mol. The van der Waals surface area contributed by atoms with Crippen LogP contribution in [0.15, 0.2) is 29.4 Å². The fourth-order valence-electron chi connectivity index (χ4n) is 1.31. The highest BCUT2D eigenvalue weighted by atomic mass is 16.5. The fraction of sp³-hybridized carbons (Fsp3) is 0.200. The van der Waals surface area contributed by atoms with Crippen LogP contribution in [-0.4, -0.2) is 38.2 Å². The third kappa shape index (κ3) is 2.73. The molecule has 2 heterocycles. The first-order chi connectivity index (χ1) is 8.66. The van der Waals surface area contributed by atoms with E-state index in [4.69, 9.17) is 5.11 Å². The van der Waals surface area contributed by atoms with Crippen LogP contribution in [0.2, 0.25) is 0 Å². The Morgan fingerprint density at radius 1 is 1.44 bits per heavy atom. The zero-order chi connectivity index (χ0) is 13.0. The maximum Gasteiger partial charge on any atom is 0.356 e. The van der Waals surface area contributed by atoms with Gasteiger partial charge in [0.05, 0.1) is 6.33 Å². The molecule has 2 aromatic heterocycles. The van der Waals surface area contributed by atoms with Crippen LogP contribution in [0.25, 0.3) is 0 Å². The van der Waals surface area contributed by atoms with Gasteiger partial charge in [-0.15, -0.1) is 0 Å². The van der Waals surface area contributed by atoms with Crippen LogP contribution in [0.3, 0.4) is 0 Å². The van der Waals surface area contributed by atoms with E-state index in [0.29, 0.717) is 13.1 Å². The minimum Gasteiger partial charge on any atom is -0.476 e. The average Bonchev–Trinajstić information content (AvgIpc) is 3.00. The van der Waals surface area contributed by atoms with E-state index in [1.807, 2.05) is 0 Å². The second kappa shape index (κ2) is 5.13. The number of carboxylic acid groups (broad SMARTS) is 1. The molecular formula is C10H10N4O4. The van der Waals surface area contributed by atoms with Crippen molar-refractivity contribution in [1.82, 2.24) is 20.0 Å². The molecule has 0 unspecified atom stereocenters. The predicted octanol–water partition coefficient (Wildman–Crippen LogP) is -0.000700. The molecule has 0 aliphatic heterocycles. The summed E-state index contributed by atoms with van der Waals surface area (Å²) in [4.78, 5) is 25.7. The second-order valence-electron chi connectivity index (χ2n) is 3.44. The van der Waals surface area contributed by atoms with Crippen LogP contribution in [0, 0.1) is 0 Å². The number of aromatic carboxylic acids is 1. The van der Waals surface area contributed by atoms with E-state index in [0.717, 1.165) is 0 Å². The SMILES string of the molecule is O=C(O)c1cn(CCNC(=O)c2ccon2)cn1. The quantitative estimate of drug-likeness (QED) is 0.772. The number of carboxylic acids is 1. The Bertz CT molecular complexity index is 546. The van der Waals surface area contributed by atoms with Gasteiger partial charge in [0.25, 0.3) is 5.91 Å². The summed E-state index contributed by atoms with van der Waals surface area (Å²) >= 11 is 0. The Kier molecular flexibility index (Phi) is 3.37. The molecule has 0 aliphatic carbocycles. The molecule has 0 bridgehead atoms. The van der Waals surface area contributed by atoms with Crippen LogP contribution < -0.4 is 5.32 Å². The van der Waals surface area contributed by atoms with Gasteiger partial charge in [-0.2, -0.15) is 0 Å². The maximum atomic E-state index is 11.5. The number of nitrogens with zero attached hydrogens (tertiary/aromatic N) is 3. The highest BCUT2D eigenvalue weighted by Crippen LogP contribution is 1.96. The van der Waals surface area contributed by atoms with E-state index in [-0.39, 0.29) is 17.3 Å². The summed E-state index contributed by atoms with van der Waals surface area (Å²) < 4.78 is 6.11. The molecule has 0 aromatic carbocycles. The largest absolute Gasteiger partial charge is 0.476 e. The summed E-state index contributed by atoms with van der Waals surface area (Å²) in [5.74, 6) is -1.43. The van der Waals surface area contributed by atoms with Gasteiger partial charge in [0, 0.05) is 25.4 Å². The van der Waals surface area contributed by atoms with E-state index in [2.05, 4.69) is 20.0 Å². The molecule has 94 valence electrons. The Hall–Kier alpha value is -2.64. The average molecular weight is 250 g/mol. The minimum atomic E-state index is -1.08. The number of nitrogens with one attached hydrogen (secondary N) is 1. The topological polar surface area (TPSA) is 110 Å². The second-order valence-corrected chi connectivity index (χ2v) is 3.44. The molecule has 2 N–H and O–H groups in total. The van der Waals surface area contributed by atoms with E-state index in [9.17, 15) is 9.59 Å². The Morgan fingerprint density at radius 3 is 2.89 bits per heavy atom. The summed E-state index contributed by atoms with van der Waals surface area (Å²) in [6.07, 6.45) is 4.10. The Labute approximate surface area is 101 Å². The van der Waals surface area contributed by atoms with Gasteiger partial charge in [-0.1, -0.05) is 5.16 Å². The van der Waals surface area contributed by atoms with Crippen molar-refractivity contribution in [2.24, 2.45) is 0 Å². The van der Waals surface area contributed by atoms with Crippen LogP contribution in [-0.2, 0) is 6.54 Å². The van der Waals surface area contributed by atoms with Crippen LogP contribution in [0.1, 0.15) is 21.0 Å². The van der Waals surface area contributed by atoms with Crippen molar-refractivity contribution in [2.75, 3.05) is 6.54 Å². The van der Waals surface area contributed by atoms with Crippen molar-refractivity contribution in [3.8, 4) is 0 Å². The van der Waals surface area contributed by atoms with Crippen molar-refractivity contribution in [1.29, 1.82) is 0 Å². The fourth-order valence-corrected chi connectivity index (χ4v) is 1.31. The third-order valence-corrected chi connectivity index (χ3v) is 2.18. The number of carbonyl (C=O) groups excluding carboxylic acids is 1. The van der Waals surface area contributed by atoms with E-state index >= 15 is 0 Å². The standard InChI is InChI=1S/C10H10N4O4/c15-9(7-1-4-18-13-7)11-2-3-14-5-8(10(16)17)12-6-14/h1,4-6H,2-3H2,(H,11,15)(H,16,17). The first-order valence-corrected chi connectivity index (χ1v) is 5.10. The van der Waals surface area contributed by atoms with Crippen LogP contribution in [0.5, 0.6) is 0 Å². The molecule has 0 radical (unpaired) electrons. The highest BCUT2D eigenvalue weighted by Gasteiger charge is 2.09. The third-order valence-electron chi connectivity index (χ3n) is 2.18. The van der Waals surface area contributed by atoms with Crippen molar-refractivity contribution in [3.63, 3.8) is 0 Å². The number of amides is 1. The van der Waals surface area contributed by atoms with Gasteiger partial charge < -0.3 is 19.5 Å². The molecule has 2 rings (SSSR count). The molecule has 8 heteroatoms. The number of hydrogen-bond donors (Lipinski definition) is 2. The molecule has 2 aromatic rings. The first-order valence-electron chi connectivity index (χ1n) is 5.10. The molecule has 0 saturated heterocycles. The van der Waals surface area contributed by atoms with Gasteiger partial charge in [0.15, 0.2) is 11.4 Å². The summed E-state index contributed by atoms with van der Waals surface area (Å²) in [6.45, 7) is 0.755. The monoisotopic (exact) mass is 250 g/mol. The number of hydrogen-bond acceptors (Lipinski definition) is 5. The summed E-state index contributed by atoms with van der Waals surface area (Å²) in [5, 5.41) is 14.8. The maximum absolute atomic E-state index is 11.5. The molecule has 18 heavy (non-hydrogen) atoms. The van der Waals surface area contributed by atoms with Gasteiger partial charge >= 0.3 is 5.97 Å². The molecule has 8 nitrogen and oxygen atoms in total. The lowest BCUT2D eigenvalue weighted by atomic mass is 10.4. The van der Waals surface area contributed by atoms with Gasteiger partial charge in [0.1, 0.15) is 6.26 Å². The van der Waals surface area contributed by atoms with Gasteiger partial charge in [-0.3, -0.25) is 4.79 Å².